The lowest BCUT2D eigenvalue weighted by Gasteiger charge is -2.53. The number of carbonyl (C=O) groups is 3. The lowest BCUT2D eigenvalue weighted by molar-refractivity contribution is -0.144. The molecule has 4 aliphatic heterocycles. The minimum Gasteiger partial charge on any atom is -0.345 e. The molecule has 0 saturated carbocycles. The van der Waals surface area contributed by atoms with E-state index < -0.39 is 0 Å². The summed E-state index contributed by atoms with van der Waals surface area (Å²) < 4.78 is 0. The second-order valence-electron chi connectivity index (χ2n) is 10.6. The second-order valence-corrected chi connectivity index (χ2v) is 10.6. The molecule has 184 valence electrons. The Morgan fingerprint density at radius 2 is 1.91 bits per heavy atom. The lowest BCUT2D eigenvalue weighted by Crippen LogP contribution is -2.62. The third-order valence-corrected chi connectivity index (χ3v) is 8.37. The van der Waals surface area contributed by atoms with Crippen LogP contribution in [0.2, 0.25) is 0 Å². The number of carbonyl (C=O) groups excluding carboxylic acids is 3. The number of rotatable bonds is 4. The van der Waals surface area contributed by atoms with E-state index in [1.54, 1.807) is 6.20 Å². The van der Waals surface area contributed by atoms with E-state index in [9.17, 15) is 14.4 Å². The van der Waals surface area contributed by atoms with E-state index in [2.05, 4.69) is 9.88 Å². The van der Waals surface area contributed by atoms with Crippen LogP contribution in [0.1, 0.15) is 44.2 Å². The molecule has 8 nitrogen and oxygen atoms in total. The molecule has 2 bridgehead atoms. The third-order valence-electron chi connectivity index (χ3n) is 8.37. The number of urea groups is 1. The Kier molecular flexibility index (Phi) is 6.75. The van der Waals surface area contributed by atoms with Gasteiger partial charge in [-0.3, -0.25) is 14.6 Å². The molecular formula is C26H37N5O3. The van der Waals surface area contributed by atoms with Crippen LogP contribution in [0.15, 0.2) is 24.4 Å². The average molecular weight is 468 g/mol. The first-order chi connectivity index (χ1) is 16.5. The predicted octanol–water partition coefficient (Wildman–Crippen LogP) is 2.25. The first-order valence-corrected chi connectivity index (χ1v) is 13.0. The van der Waals surface area contributed by atoms with E-state index in [4.69, 9.17) is 0 Å². The molecule has 5 heterocycles. The molecular weight excluding hydrogens is 430 g/mol. The van der Waals surface area contributed by atoms with Crippen LogP contribution in [0, 0.1) is 17.8 Å². The van der Waals surface area contributed by atoms with Crippen molar-refractivity contribution in [1.82, 2.24) is 24.6 Å². The van der Waals surface area contributed by atoms with Gasteiger partial charge in [0, 0.05) is 83.0 Å². The average Bonchev–Trinajstić information content (AvgIpc) is 2.87. The van der Waals surface area contributed by atoms with Gasteiger partial charge in [-0.05, 0) is 56.1 Å². The van der Waals surface area contributed by atoms with Crippen molar-refractivity contribution in [2.75, 3.05) is 46.3 Å². The molecule has 0 spiro atoms. The predicted molar refractivity (Wildman–Crippen MR) is 128 cm³/mol. The smallest absolute Gasteiger partial charge is 0.320 e. The van der Waals surface area contributed by atoms with Crippen LogP contribution in [0.3, 0.4) is 0 Å². The molecule has 1 aromatic heterocycles. The first-order valence-electron chi connectivity index (χ1n) is 13.0. The maximum absolute atomic E-state index is 13.3. The Balaban J connectivity index is 1.11. The number of piperidine rings is 4. The highest BCUT2D eigenvalue weighted by Gasteiger charge is 2.45. The highest BCUT2D eigenvalue weighted by molar-refractivity contribution is 5.80. The Hall–Kier alpha value is -2.64. The monoisotopic (exact) mass is 467 g/mol. The van der Waals surface area contributed by atoms with E-state index in [1.165, 1.54) is 0 Å². The first kappa shape index (κ1) is 23.1. The van der Waals surface area contributed by atoms with Crippen molar-refractivity contribution in [3.63, 3.8) is 0 Å². The Morgan fingerprint density at radius 1 is 1.09 bits per heavy atom. The number of likely N-dealkylation sites (N-methyl/N-ethyl adjacent to an activating group) is 1. The zero-order valence-electron chi connectivity index (χ0n) is 20.3. The molecule has 0 aliphatic carbocycles. The van der Waals surface area contributed by atoms with Crippen LogP contribution in [0.5, 0.6) is 0 Å². The summed E-state index contributed by atoms with van der Waals surface area (Å²) in [5.41, 5.74) is 0.995. The summed E-state index contributed by atoms with van der Waals surface area (Å²) in [5.74, 6) is 1.28. The maximum atomic E-state index is 13.3. The Labute approximate surface area is 202 Å². The van der Waals surface area contributed by atoms with Gasteiger partial charge in [-0.25, -0.2) is 4.79 Å². The molecule has 4 saturated heterocycles. The fourth-order valence-electron chi connectivity index (χ4n) is 6.53. The van der Waals surface area contributed by atoms with E-state index in [1.807, 2.05) is 39.9 Å². The van der Waals surface area contributed by atoms with E-state index in [-0.39, 0.29) is 17.9 Å². The normalized spacial score (nSPS) is 27.4. The third kappa shape index (κ3) is 4.77. The molecule has 1 aromatic rings. The summed E-state index contributed by atoms with van der Waals surface area (Å²) >= 11 is 0. The highest BCUT2D eigenvalue weighted by Crippen LogP contribution is 2.38. The van der Waals surface area contributed by atoms with Gasteiger partial charge in [0.05, 0.1) is 0 Å². The molecule has 5 rings (SSSR count). The number of aromatic nitrogens is 1. The van der Waals surface area contributed by atoms with E-state index in [0.717, 1.165) is 63.9 Å². The van der Waals surface area contributed by atoms with Crippen molar-refractivity contribution >= 4 is 17.8 Å². The summed E-state index contributed by atoms with van der Waals surface area (Å²) in [6.07, 6.45) is 7.86. The van der Waals surface area contributed by atoms with Crippen LogP contribution >= 0.6 is 0 Å². The van der Waals surface area contributed by atoms with Crippen LogP contribution < -0.4 is 0 Å². The maximum Gasteiger partial charge on any atom is 0.320 e. The molecule has 4 fully saturated rings. The molecule has 0 N–H and O–H groups in total. The van der Waals surface area contributed by atoms with Gasteiger partial charge in [0.2, 0.25) is 11.8 Å². The highest BCUT2D eigenvalue weighted by atomic mass is 16.2. The number of fused-ring (bicyclic) bond motifs is 4. The zero-order chi connectivity index (χ0) is 23.7. The summed E-state index contributed by atoms with van der Waals surface area (Å²) in [5, 5.41) is 0. The topological polar surface area (TPSA) is 77.1 Å². The van der Waals surface area contributed by atoms with Gasteiger partial charge in [0.25, 0.3) is 0 Å². The fourth-order valence-corrected chi connectivity index (χ4v) is 6.53. The molecule has 4 amide bonds. The van der Waals surface area contributed by atoms with Gasteiger partial charge in [-0.1, -0.05) is 6.07 Å². The van der Waals surface area contributed by atoms with E-state index >= 15 is 0 Å². The van der Waals surface area contributed by atoms with E-state index in [0.29, 0.717) is 49.8 Å². The number of likely N-dealkylation sites (tertiary alicyclic amines) is 2. The standard InChI is InChI=1S/C26H37N5O3/c1-28(12-10-22-5-2-3-11-27-22)25(33)20-8-13-29(14-9-20)26(34)30-16-19-15-21(18-30)23-6-4-7-24(32)31(23)17-19/h2-3,5,11,19-21,23H,4,6-10,12-18H2,1H3/t19-,21+,23+/m0/s1. The summed E-state index contributed by atoms with van der Waals surface area (Å²) in [4.78, 5) is 50.9. The quantitative estimate of drug-likeness (QED) is 0.681. The summed E-state index contributed by atoms with van der Waals surface area (Å²) in [7, 11) is 1.87. The van der Waals surface area contributed by atoms with Gasteiger partial charge in [0.1, 0.15) is 0 Å². The number of pyridine rings is 1. The van der Waals surface area contributed by atoms with Crippen LogP contribution in [0.4, 0.5) is 4.79 Å². The number of nitrogens with zero attached hydrogens (tertiary/aromatic N) is 5. The largest absolute Gasteiger partial charge is 0.345 e. The van der Waals surface area contributed by atoms with Gasteiger partial charge in [0.15, 0.2) is 0 Å². The summed E-state index contributed by atoms with van der Waals surface area (Å²) in [6.45, 7) is 4.27. The lowest BCUT2D eigenvalue weighted by atomic mass is 9.76. The SMILES string of the molecule is CN(CCc1ccccn1)C(=O)C1CCN(C(=O)N2C[C@@H]3C[C@H](C2)[C@H]2CCCC(=O)N2C3)CC1. The molecule has 0 aromatic carbocycles. The zero-order valence-corrected chi connectivity index (χ0v) is 20.3. The molecule has 34 heavy (non-hydrogen) atoms. The van der Waals surface area contributed by atoms with Gasteiger partial charge >= 0.3 is 6.03 Å². The fraction of sp³-hybridized carbons (Fsp3) is 0.692. The minimum absolute atomic E-state index is 0.0136. The molecule has 4 aliphatic rings. The molecule has 0 unspecified atom stereocenters. The van der Waals surface area contributed by atoms with Crippen molar-refractivity contribution < 1.29 is 14.4 Å². The van der Waals surface area contributed by atoms with Crippen molar-refractivity contribution in [2.45, 2.75) is 51.0 Å². The van der Waals surface area contributed by atoms with Crippen molar-refractivity contribution in [1.29, 1.82) is 0 Å². The van der Waals surface area contributed by atoms with Crippen molar-refractivity contribution in [3.8, 4) is 0 Å². The summed E-state index contributed by atoms with van der Waals surface area (Å²) in [6, 6.07) is 6.30. The number of amides is 4. The minimum atomic E-state index is -0.0136. The Bertz CT molecular complexity index is 901. The Morgan fingerprint density at radius 3 is 2.68 bits per heavy atom. The second kappa shape index (κ2) is 9.92. The van der Waals surface area contributed by atoms with Crippen LogP contribution in [-0.4, -0.2) is 94.8 Å². The number of hydrogen-bond donors (Lipinski definition) is 0. The molecule has 8 heteroatoms. The molecule has 3 atom stereocenters. The van der Waals surface area contributed by atoms with Crippen LogP contribution in [-0.2, 0) is 16.0 Å². The number of hydrogen-bond acceptors (Lipinski definition) is 4. The molecule has 0 radical (unpaired) electrons. The van der Waals surface area contributed by atoms with Gasteiger partial charge < -0.3 is 19.6 Å². The van der Waals surface area contributed by atoms with Crippen LogP contribution in [0.25, 0.3) is 0 Å². The van der Waals surface area contributed by atoms with Gasteiger partial charge in [-0.15, -0.1) is 0 Å². The van der Waals surface area contributed by atoms with Crippen molar-refractivity contribution in [3.05, 3.63) is 30.1 Å². The van der Waals surface area contributed by atoms with Gasteiger partial charge in [-0.2, -0.15) is 0 Å². The van der Waals surface area contributed by atoms with Crippen molar-refractivity contribution in [2.24, 2.45) is 17.8 Å².